The number of Topliss-reactive ketones (excluding diaryl/α,β-unsaturated/α-hetero) is 1. The highest BCUT2D eigenvalue weighted by atomic mass is 16.1. The van der Waals surface area contributed by atoms with E-state index in [2.05, 4.69) is 29.0 Å². The number of aromatic nitrogens is 1. The van der Waals surface area contributed by atoms with E-state index >= 15 is 0 Å². The summed E-state index contributed by atoms with van der Waals surface area (Å²) >= 11 is 0. The second-order valence-corrected chi connectivity index (χ2v) is 5.00. The number of pyridine rings is 1. The minimum absolute atomic E-state index is 0.0136. The number of rotatable bonds is 6. The summed E-state index contributed by atoms with van der Waals surface area (Å²) in [7, 11) is 0. The largest absolute Gasteiger partial charge is 0.293 e. The summed E-state index contributed by atoms with van der Waals surface area (Å²) < 4.78 is 0. The molecule has 0 radical (unpaired) electrons. The van der Waals surface area contributed by atoms with Gasteiger partial charge in [0, 0.05) is 25.3 Å². The predicted molar refractivity (Wildman–Crippen MR) is 86.5 cm³/mol. The van der Waals surface area contributed by atoms with E-state index in [1.165, 1.54) is 12.5 Å². The number of aryl methyl sites for hydroxylation is 1. The number of carbonyl (C=O) groups is 1. The second kappa shape index (κ2) is 7.48. The van der Waals surface area contributed by atoms with E-state index in [-0.39, 0.29) is 5.78 Å². The molecule has 0 aliphatic heterocycles. The lowest BCUT2D eigenvalue weighted by atomic mass is 10.1. The third-order valence-electron chi connectivity index (χ3n) is 3.18. The van der Waals surface area contributed by atoms with Crippen molar-refractivity contribution < 1.29 is 4.79 Å². The molecule has 0 bridgehead atoms. The van der Waals surface area contributed by atoms with Crippen molar-refractivity contribution in [1.29, 1.82) is 0 Å². The van der Waals surface area contributed by atoms with Crippen molar-refractivity contribution in [1.82, 2.24) is 4.98 Å². The fourth-order valence-corrected chi connectivity index (χ4v) is 2.07. The van der Waals surface area contributed by atoms with Gasteiger partial charge in [0.05, 0.1) is 5.69 Å². The van der Waals surface area contributed by atoms with Gasteiger partial charge in [0.15, 0.2) is 5.78 Å². The Morgan fingerprint density at radius 2 is 1.95 bits per heavy atom. The molecule has 2 aromatic rings. The summed E-state index contributed by atoms with van der Waals surface area (Å²) in [6.07, 6.45) is 4.71. The number of benzene rings is 1. The van der Waals surface area contributed by atoms with Gasteiger partial charge in [-0.2, -0.15) is 0 Å². The number of hydrogen-bond donors (Lipinski definition) is 0. The van der Waals surface area contributed by atoms with Gasteiger partial charge in [-0.05, 0) is 36.2 Å². The van der Waals surface area contributed by atoms with E-state index < -0.39 is 0 Å². The molecule has 0 atom stereocenters. The van der Waals surface area contributed by atoms with E-state index in [1.54, 1.807) is 6.07 Å². The molecule has 3 nitrogen and oxygen atoms in total. The van der Waals surface area contributed by atoms with Crippen LogP contribution in [0.2, 0.25) is 0 Å². The zero-order valence-corrected chi connectivity index (χ0v) is 12.5. The van der Waals surface area contributed by atoms with E-state index in [9.17, 15) is 4.79 Å². The molecule has 1 aromatic carbocycles. The number of hydrogen-bond acceptors (Lipinski definition) is 3. The van der Waals surface area contributed by atoms with Crippen LogP contribution in [0.4, 0.5) is 5.69 Å². The van der Waals surface area contributed by atoms with Gasteiger partial charge in [0.1, 0.15) is 5.69 Å². The summed E-state index contributed by atoms with van der Waals surface area (Å²) in [6, 6.07) is 13.8. The molecule has 0 saturated carbocycles. The molecule has 0 aliphatic carbocycles. The first-order valence-electron chi connectivity index (χ1n) is 7.27. The van der Waals surface area contributed by atoms with Crippen molar-refractivity contribution >= 4 is 17.7 Å². The fourth-order valence-electron chi connectivity index (χ4n) is 2.07. The van der Waals surface area contributed by atoms with E-state index in [0.717, 1.165) is 24.2 Å². The van der Waals surface area contributed by atoms with Crippen LogP contribution in [0.15, 0.2) is 47.5 Å². The second-order valence-electron chi connectivity index (χ2n) is 5.00. The van der Waals surface area contributed by atoms with Crippen molar-refractivity contribution in [2.45, 2.75) is 33.1 Å². The monoisotopic (exact) mass is 280 g/mol. The highest BCUT2D eigenvalue weighted by Gasteiger charge is 2.01. The maximum Gasteiger partial charge on any atom is 0.178 e. The molecule has 0 spiro atoms. The zero-order chi connectivity index (χ0) is 15.1. The Kier molecular flexibility index (Phi) is 5.38. The Bertz CT molecular complexity index is 630. The number of ketones is 1. The molecule has 0 aliphatic rings. The van der Waals surface area contributed by atoms with Crippen molar-refractivity contribution in [3.63, 3.8) is 0 Å². The molecule has 3 heteroatoms. The quantitative estimate of drug-likeness (QED) is 0.588. The van der Waals surface area contributed by atoms with Crippen molar-refractivity contribution in [2.24, 2.45) is 4.99 Å². The number of carbonyl (C=O) groups excluding carboxylic acids is 1. The standard InChI is InChI=1S/C18H20N2O/c1-3-5-15-8-10-16(11-9-15)19-13-12-17-6-4-7-18(20-17)14(2)21/h4,6-11,13H,3,5,12H2,1-2H3. The van der Waals surface area contributed by atoms with E-state index in [0.29, 0.717) is 12.1 Å². The fraction of sp³-hybridized carbons (Fsp3) is 0.278. The third kappa shape index (κ3) is 4.63. The highest BCUT2D eigenvalue weighted by molar-refractivity contribution is 5.92. The first-order valence-corrected chi connectivity index (χ1v) is 7.27. The molecule has 0 unspecified atom stereocenters. The van der Waals surface area contributed by atoms with Crippen LogP contribution >= 0.6 is 0 Å². The Morgan fingerprint density at radius 3 is 2.62 bits per heavy atom. The minimum Gasteiger partial charge on any atom is -0.293 e. The number of aliphatic imine (C=N–C) groups is 1. The predicted octanol–water partition coefficient (Wildman–Crippen LogP) is 4.18. The molecule has 2 rings (SSSR count). The summed E-state index contributed by atoms with van der Waals surface area (Å²) in [4.78, 5) is 20.0. The molecule has 21 heavy (non-hydrogen) atoms. The van der Waals surface area contributed by atoms with Gasteiger partial charge >= 0.3 is 0 Å². The van der Waals surface area contributed by atoms with Crippen LogP contribution in [0.25, 0.3) is 0 Å². The van der Waals surface area contributed by atoms with Crippen LogP contribution in [0, 0.1) is 0 Å². The van der Waals surface area contributed by atoms with Gasteiger partial charge in [0.25, 0.3) is 0 Å². The van der Waals surface area contributed by atoms with E-state index in [1.807, 2.05) is 30.5 Å². The molecule has 0 amide bonds. The average Bonchev–Trinajstić information content (AvgIpc) is 2.50. The van der Waals surface area contributed by atoms with Crippen LogP contribution < -0.4 is 0 Å². The molecular weight excluding hydrogens is 260 g/mol. The van der Waals surface area contributed by atoms with Gasteiger partial charge in [-0.1, -0.05) is 31.5 Å². The topological polar surface area (TPSA) is 42.3 Å². The Balaban J connectivity index is 1.98. The Labute approximate surface area is 125 Å². The van der Waals surface area contributed by atoms with Crippen LogP contribution in [-0.2, 0) is 12.8 Å². The molecule has 1 aromatic heterocycles. The van der Waals surface area contributed by atoms with E-state index in [4.69, 9.17) is 0 Å². The van der Waals surface area contributed by atoms with Gasteiger partial charge in [0.2, 0.25) is 0 Å². The van der Waals surface area contributed by atoms with Gasteiger partial charge < -0.3 is 0 Å². The molecule has 0 N–H and O–H groups in total. The molecule has 0 saturated heterocycles. The Hall–Kier alpha value is -2.29. The molecule has 108 valence electrons. The lowest BCUT2D eigenvalue weighted by molar-refractivity contribution is 0.101. The van der Waals surface area contributed by atoms with Gasteiger partial charge in [-0.25, -0.2) is 4.98 Å². The van der Waals surface area contributed by atoms with Gasteiger partial charge in [-0.15, -0.1) is 0 Å². The van der Waals surface area contributed by atoms with Crippen LogP contribution in [0.5, 0.6) is 0 Å². The first-order chi connectivity index (χ1) is 10.2. The maximum absolute atomic E-state index is 11.3. The summed E-state index contributed by atoms with van der Waals surface area (Å²) in [6.45, 7) is 3.70. The smallest absolute Gasteiger partial charge is 0.178 e. The lowest BCUT2D eigenvalue weighted by Gasteiger charge is -2.00. The summed E-state index contributed by atoms with van der Waals surface area (Å²) in [5.74, 6) is -0.0136. The molecule has 0 fully saturated rings. The third-order valence-corrected chi connectivity index (χ3v) is 3.18. The minimum atomic E-state index is -0.0136. The maximum atomic E-state index is 11.3. The number of nitrogens with zero attached hydrogens (tertiary/aromatic N) is 2. The zero-order valence-electron chi connectivity index (χ0n) is 12.5. The first kappa shape index (κ1) is 15.1. The SMILES string of the molecule is CCCc1ccc(N=CCc2cccc(C(C)=O)n2)cc1. The van der Waals surface area contributed by atoms with Crippen LogP contribution in [0.3, 0.4) is 0 Å². The molecular formula is C18H20N2O. The molecule has 1 heterocycles. The summed E-state index contributed by atoms with van der Waals surface area (Å²) in [5, 5.41) is 0. The van der Waals surface area contributed by atoms with Crippen LogP contribution in [-0.4, -0.2) is 17.0 Å². The van der Waals surface area contributed by atoms with Crippen molar-refractivity contribution in [3.05, 3.63) is 59.4 Å². The van der Waals surface area contributed by atoms with Gasteiger partial charge in [-0.3, -0.25) is 9.79 Å². The van der Waals surface area contributed by atoms with Crippen LogP contribution in [0.1, 0.15) is 42.0 Å². The summed E-state index contributed by atoms with van der Waals surface area (Å²) in [5.41, 5.74) is 3.64. The normalized spacial score (nSPS) is 11.0. The average molecular weight is 280 g/mol. The lowest BCUT2D eigenvalue weighted by Crippen LogP contribution is -2.00. The highest BCUT2D eigenvalue weighted by Crippen LogP contribution is 2.13. The van der Waals surface area contributed by atoms with Crippen molar-refractivity contribution in [2.75, 3.05) is 0 Å². The Morgan fingerprint density at radius 1 is 1.19 bits per heavy atom. The van der Waals surface area contributed by atoms with Crippen molar-refractivity contribution in [3.8, 4) is 0 Å².